The van der Waals surface area contributed by atoms with Crippen molar-refractivity contribution in [2.45, 2.75) is 26.7 Å². The van der Waals surface area contributed by atoms with Crippen molar-refractivity contribution in [2.24, 2.45) is 5.92 Å². The molecule has 5 nitrogen and oxygen atoms in total. The van der Waals surface area contributed by atoms with Crippen molar-refractivity contribution >= 4 is 24.2 Å². The van der Waals surface area contributed by atoms with Crippen LogP contribution in [0.15, 0.2) is 24.3 Å². The molecule has 124 valence electrons. The van der Waals surface area contributed by atoms with Gasteiger partial charge in [-0.25, -0.2) is 0 Å². The largest absolute Gasteiger partial charge is 0.494 e. The number of carbonyl (C=O) groups is 2. The lowest BCUT2D eigenvalue weighted by molar-refractivity contribution is -0.135. The molecule has 1 aromatic carbocycles. The molecule has 0 spiro atoms. The third-order valence-corrected chi connectivity index (χ3v) is 2.95. The van der Waals surface area contributed by atoms with E-state index in [1.165, 1.54) is 0 Å². The number of Topliss-reactive ketones (excluding diaryl/α,β-unsaturated/α-hetero) is 1. The first kappa shape index (κ1) is 20.4. The lowest BCUT2D eigenvalue weighted by Gasteiger charge is -2.08. The van der Waals surface area contributed by atoms with E-state index in [-0.39, 0.29) is 31.2 Å². The topological polar surface area (TPSA) is 75.6 Å². The molecular formula is C16H24ClNO4. The zero-order valence-electron chi connectivity index (χ0n) is 13.0. The molecule has 0 fully saturated rings. The van der Waals surface area contributed by atoms with Crippen LogP contribution in [0.25, 0.3) is 0 Å². The van der Waals surface area contributed by atoms with Crippen molar-refractivity contribution in [3.8, 4) is 5.75 Å². The van der Waals surface area contributed by atoms with Crippen molar-refractivity contribution < 1.29 is 19.4 Å². The molecule has 0 saturated carbocycles. The zero-order valence-corrected chi connectivity index (χ0v) is 13.8. The third-order valence-electron chi connectivity index (χ3n) is 2.95. The quantitative estimate of drug-likeness (QED) is 0.510. The van der Waals surface area contributed by atoms with Crippen LogP contribution in [-0.4, -0.2) is 36.6 Å². The first-order valence-corrected chi connectivity index (χ1v) is 7.17. The maximum absolute atomic E-state index is 11.9. The Labute approximate surface area is 137 Å². The third kappa shape index (κ3) is 8.64. The predicted molar refractivity (Wildman–Crippen MR) is 88.1 cm³/mol. The van der Waals surface area contributed by atoms with Gasteiger partial charge in [0, 0.05) is 18.5 Å². The van der Waals surface area contributed by atoms with Crippen LogP contribution in [0.4, 0.5) is 0 Å². The molecule has 6 heteroatoms. The second-order valence-electron chi connectivity index (χ2n) is 5.30. The van der Waals surface area contributed by atoms with Crippen molar-refractivity contribution in [1.82, 2.24) is 5.32 Å². The second kappa shape index (κ2) is 11.0. The number of ether oxygens (including phenoxy) is 1. The van der Waals surface area contributed by atoms with E-state index in [0.29, 0.717) is 24.6 Å². The van der Waals surface area contributed by atoms with Crippen molar-refractivity contribution in [2.75, 3.05) is 19.7 Å². The molecule has 0 bridgehead atoms. The Balaban J connectivity index is 0.00000441. The van der Waals surface area contributed by atoms with Crippen LogP contribution in [0.5, 0.6) is 5.75 Å². The summed E-state index contributed by atoms with van der Waals surface area (Å²) in [5.74, 6) is 0.423. The van der Waals surface area contributed by atoms with E-state index in [0.717, 1.165) is 12.2 Å². The first-order valence-electron chi connectivity index (χ1n) is 7.17. The highest BCUT2D eigenvalue weighted by Gasteiger charge is 2.06. The smallest absolute Gasteiger partial charge is 0.317 e. The summed E-state index contributed by atoms with van der Waals surface area (Å²) in [5.41, 5.74) is 0.614. The molecule has 0 aliphatic heterocycles. The highest BCUT2D eigenvalue weighted by atomic mass is 35.5. The number of halogens is 1. The Bertz CT molecular complexity index is 460. The molecule has 1 aromatic rings. The van der Waals surface area contributed by atoms with E-state index in [4.69, 9.17) is 9.84 Å². The minimum Gasteiger partial charge on any atom is -0.494 e. The van der Waals surface area contributed by atoms with Gasteiger partial charge in [-0.1, -0.05) is 13.8 Å². The Kier molecular flexibility index (Phi) is 10.2. The molecule has 0 aliphatic carbocycles. The van der Waals surface area contributed by atoms with E-state index in [2.05, 4.69) is 19.2 Å². The number of carboxylic acid groups (broad SMARTS) is 1. The van der Waals surface area contributed by atoms with Gasteiger partial charge in [-0.05, 0) is 36.6 Å². The normalized spacial score (nSPS) is 10.1. The van der Waals surface area contributed by atoms with Gasteiger partial charge in [0.05, 0.1) is 13.2 Å². The van der Waals surface area contributed by atoms with Gasteiger partial charge in [0.25, 0.3) is 0 Å². The number of hydrogen-bond donors (Lipinski definition) is 2. The fourth-order valence-corrected chi connectivity index (χ4v) is 1.69. The lowest BCUT2D eigenvalue weighted by atomic mass is 10.1. The molecule has 0 heterocycles. The molecule has 0 aliphatic rings. The number of aliphatic carboxylic acids is 1. The van der Waals surface area contributed by atoms with E-state index in [1.54, 1.807) is 24.3 Å². The number of benzene rings is 1. The molecule has 1 rings (SSSR count). The Morgan fingerprint density at radius 2 is 1.86 bits per heavy atom. The standard InChI is InChI=1S/C16H23NO4.ClH/c1-12(2)8-10-21-14-5-3-13(4-6-14)15(18)7-9-17-11-16(19)20;/h3-6,12,17H,7-11H2,1-2H3,(H,19,20);1H. The summed E-state index contributed by atoms with van der Waals surface area (Å²) in [6, 6.07) is 7.06. The van der Waals surface area contributed by atoms with E-state index in [1.807, 2.05) is 0 Å². The summed E-state index contributed by atoms with van der Waals surface area (Å²) < 4.78 is 5.59. The van der Waals surface area contributed by atoms with Gasteiger partial charge in [0.2, 0.25) is 0 Å². The van der Waals surface area contributed by atoms with Crippen molar-refractivity contribution in [3.05, 3.63) is 29.8 Å². The first-order chi connectivity index (χ1) is 9.99. The van der Waals surface area contributed by atoms with Gasteiger partial charge in [0.1, 0.15) is 5.75 Å². The average molecular weight is 330 g/mol. The number of rotatable bonds is 10. The van der Waals surface area contributed by atoms with Crippen molar-refractivity contribution in [3.63, 3.8) is 0 Å². The Hall–Kier alpha value is -1.59. The average Bonchev–Trinajstić information content (AvgIpc) is 2.43. The summed E-state index contributed by atoms with van der Waals surface area (Å²) in [7, 11) is 0. The fourth-order valence-electron chi connectivity index (χ4n) is 1.69. The molecule has 0 saturated heterocycles. The van der Waals surface area contributed by atoms with Gasteiger partial charge in [-0.3, -0.25) is 9.59 Å². The van der Waals surface area contributed by atoms with Crippen LogP contribution in [0.1, 0.15) is 37.0 Å². The molecule has 0 unspecified atom stereocenters. The summed E-state index contributed by atoms with van der Waals surface area (Å²) in [6.45, 7) is 5.19. The van der Waals surface area contributed by atoms with Gasteiger partial charge >= 0.3 is 5.97 Å². The fraction of sp³-hybridized carbons (Fsp3) is 0.500. The monoisotopic (exact) mass is 329 g/mol. The minimum atomic E-state index is -0.926. The number of nitrogens with one attached hydrogen (secondary N) is 1. The van der Waals surface area contributed by atoms with Crippen LogP contribution in [0.2, 0.25) is 0 Å². The molecule has 0 aromatic heterocycles. The SMILES string of the molecule is CC(C)CCOc1ccc(C(=O)CCNCC(=O)O)cc1.Cl. The summed E-state index contributed by atoms with van der Waals surface area (Å²) in [5, 5.41) is 11.2. The zero-order chi connectivity index (χ0) is 15.7. The number of ketones is 1. The van der Waals surface area contributed by atoms with Crippen LogP contribution >= 0.6 is 12.4 Å². The summed E-state index contributed by atoms with van der Waals surface area (Å²) in [6.07, 6.45) is 1.27. The summed E-state index contributed by atoms with van der Waals surface area (Å²) >= 11 is 0. The molecule has 0 atom stereocenters. The van der Waals surface area contributed by atoms with Gasteiger partial charge < -0.3 is 15.2 Å². The number of hydrogen-bond acceptors (Lipinski definition) is 4. The molecule has 22 heavy (non-hydrogen) atoms. The molecule has 2 N–H and O–H groups in total. The maximum Gasteiger partial charge on any atom is 0.317 e. The highest BCUT2D eigenvalue weighted by molar-refractivity contribution is 5.96. The highest BCUT2D eigenvalue weighted by Crippen LogP contribution is 2.14. The lowest BCUT2D eigenvalue weighted by Crippen LogP contribution is -2.25. The van der Waals surface area contributed by atoms with Crippen LogP contribution in [0, 0.1) is 5.92 Å². The number of carbonyl (C=O) groups excluding carboxylic acids is 1. The maximum atomic E-state index is 11.9. The van der Waals surface area contributed by atoms with Crippen LogP contribution < -0.4 is 10.1 Å². The molecule has 0 radical (unpaired) electrons. The molecule has 0 amide bonds. The molecular weight excluding hydrogens is 306 g/mol. The van der Waals surface area contributed by atoms with Crippen LogP contribution in [0.3, 0.4) is 0 Å². The second-order valence-corrected chi connectivity index (χ2v) is 5.30. The van der Waals surface area contributed by atoms with Crippen LogP contribution in [-0.2, 0) is 4.79 Å². The Morgan fingerprint density at radius 1 is 1.23 bits per heavy atom. The minimum absolute atomic E-state index is 0. The van der Waals surface area contributed by atoms with E-state index >= 15 is 0 Å². The number of carboxylic acids is 1. The van der Waals surface area contributed by atoms with E-state index in [9.17, 15) is 9.59 Å². The Morgan fingerprint density at radius 3 is 2.41 bits per heavy atom. The summed E-state index contributed by atoms with van der Waals surface area (Å²) in [4.78, 5) is 22.2. The van der Waals surface area contributed by atoms with Gasteiger partial charge in [-0.2, -0.15) is 0 Å². The van der Waals surface area contributed by atoms with Crippen molar-refractivity contribution in [1.29, 1.82) is 0 Å². The van der Waals surface area contributed by atoms with E-state index < -0.39 is 5.97 Å². The van der Waals surface area contributed by atoms with Gasteiger partial charge in [0.15, 0.2) is 5.78 Å². The predicted octanol–water partition coefficient (Wildman–Crippen LogP) is 2.78. The van der Waals surface area contributed by atoms with Gasteiger partial charge in [-0.15, -0.1) is 12.4 Å².